The van der Waals surface area contributed by atoms with Crippen LogP contribution in [-0.2, 0) is 10.4 Å². The van der Waals surface area contributed by atoms with Crippen molar-refractivity contribution in [2.75, 3.05) is 11.4 Å². The van der Waals surface area contributed by atoms with Gasteiger partial charge in [-0.2, -0.15) is 5.10 Å². The minimum Gasteiger partial charge on any atom is -0.372 e. The number of carbonyl (C=O) groups is 1. The molecular weight excluding hydrogens is 422 g/mol. The van der Waals surface area contributed by atoms with Crippen LogP contribution < -0.4 is 10.3 Å². The van der Waals surface area contributed by atoms with Crippen molar-refractivity contribution in [3.63, 3.8) is 0 Å². The Kier molecular flexibility index (Phi) is 6.58. The molecule has 0 unspecified atom stereocenters. The van der Waals surface area contributed by atoms with E-state index in [0.29, 0.717) is 17.0 Å². The third-order valence-electron chi connectivity index (χ3n) is 6.82. The van der Waals surface area contributed by atoms with Crippen molar-refractivity contribution in [3.8, 4) is 0 Å². The fraction of sp³-hybridized carbons (Fsp3) is 0.310. The molecule has 1 atom stereocenters. The first-order valence-electron chi connectivity index (χ1n) is 11.9. The van der Waals surface area contributed by atoms with Gasteiger partial charge in [-0.25, -0.2) is 5.43 Å². The van der Waals surface area contributed by atoms with Crippen molar-refractivity contribution in [2.24, 2.45) is 5.10 Å². The van der Waals surface area contributed by atoms with E-state index in [1.165, 1.54) is 11.3 Å². The Bertz CT molecular complexity index is 1130. The standard InChI is InChI=1S/C29H33N3O2/c1-5-32-26-17-16-22(18-25(26)21(2)19-28(32,3)4)20-30-31-27(33)29(34,23-12-8-6-9-13-23)24-14-10-7-11-15-24/h6-18,20-21,34H,5,19H2,1-4H3,(H,31,33)/b30-20-/t21-/m1/s1. The lowest BCUT2D eigenvalue weighted by molar-refractivity contribution is -0.136. The van der Waals surface area contributed by atoms with Gasteiger partial charge in [-0.05, 0) is 67.5 Å². The topological polar surface area (TPSA) is 64.9 Å². The molecule has 0 spiro atoms. The van der Waals surface area contributed by atoms with E-state index in [0.717, 1.165) is 18.5 Å². The van der Waals surface area contributed by atoms with E-state index in [4.69, 9.17) is 0 Å². The Hall–Kier alpha value is -3.44. The number of benzene rings is 3. The molecule has 3 aromatic carbocycles. The minimum atomic E-state index is -1.85. The number of hydrogen-bond acceptors (Lipinski definition) is 4. The smallest absolute Gasteiger partial charge is 0.281 e. The second-order valence-electron chi connectivity index (χ2n) is 9.62. The number of amides is 1. The number of rotatable bonds is 6. The third-order valence-corrected chi connectivity index (χ3v) is 6.82. The van der Waals surface area contributed by atoms with Gasteiger partial charge in [-0.3, -0.25) is 4.79 Å². The zero-order valence-electron chi connectivity index (χ0n) is 20.3. The molecule has 0 bridgehead atoms. The molecule has 0 radical (unpaired) electrons. The van der Waals surface area contributed by atoms with Crippen molar-refractivity contribution in [1.82, 2.24) is 5.43 Å². The predicted molar refractivity (Wildman–Crippen MR) is 138 cm³/mol. The molecule has 0 saturated heterocycles. The maximum Gasteiger partial charge on any atom is 0.281 e. The molecule has 176 valence electrons. The van der Waals surface area contributed by atoms with E-state index in [-0.39, 0.29) is 5.54 Å². The van der Waals surface area contributed by atoms with Gasteiger partial charge in [0, 0.05) is 17.8 Å². The van der Waals surface area contributed by atoms with Crippen molar-refractivity contribution >= 4 is 17.8 Å². The highest BCUT2D eigenvalue weighted by Gasteiger charge is 2.40. The molecule has 0 saturated carbocycles. The summed E-state index contributed by atoms with van der Waals surface area (Å²) in [6.45, 7) is 9.99. The first-order valence-corrected chi connectivity index (χ1v) is 11.9. The number of hydrogen-bond donors (Lipinski definition) is 2. The van der Waals surface area contributed by atoms with E-state index >= 15 is 0 Å². The summed E-state index contributed by atoms with van der Waals surface area (Å²) >= 11 is 0. The summed E-state index contributed by atoms with van der Waals surface area (Å²) in [5.74, 6) is -0.177. The predicted octanol–water partition coefficient (Wildman–Crippen LogP) is 5.18. The second kappa shape index (κ2) is 9.43. The zero-order valence-corrected chi connectivity index (χ0v) is 20.3. The highest BCUT2D eigenvalue weighted by atomic mass is 16.3. The molecule has 1 aliphatic rings. The monoisotopic (exact) mass is 455 g/mol. The van der Waals surface area contributed by atoms with Crippen molar-refractivity contribution < 1.29 is 9.90 Å². The van der Waals surface area contributed by atoms with E-state index in [2.05, 4.69) is 55.3 Å². The van der Waals surface area contributed by atoms with E-state index in [1.54, 1.807) is 54.7 Å². The van der Waals surface area contributed by atoms with Crippen LogP contribution in [0.2, 0.25) is 0 Å². The number of nitrogens with zero attached hydrogens (tertiary/aromatic N) is 2. The fourth-order valence-electron chi connectivity index (χ4n) is 5.22. The van der Waals surface area contributed by atoms with Crippen LogP contribution in [0.5, 0.6) is 0 Å². The van der Waals surface area contributed by atoms with Crippen LogP contribution in [-0.4, -0.2) is 29.3 Å². The molecule has 0 fully saturated rings. The van der Waals surface area contributed by atoms with Crippen LogP contribution in [0, 0.1) is 0 Å². The van der Waals surface area contributed by atoms with E-state index < -0.39 is 11.5 Å². The quantitative estimate of drug-likeness (QED) is 0.397. The highest BCUT2D eigenvalue weighted by Crippen LogP contribution is 2.43. The zero-order chi connectivity index (χ0) is 24.3. The Balaban J connectivity index is 1.58. The number of anilines is 1. The van der Waals surface area contributed by atoms with Crippen molar-refractivity contribution in [2.45, 2.75) is 51.2 Å². The van der Waals surface area contributed by atoms with Crippen LogP contribution in [0.15, 0.2) is 84.0 Å². The number of carbonyl (C=O) groups excluding carboxylic acids is 1. The van der Waals surface area contributed by atoms with Gasteiger partial charge in [-0.1, -0.05) is 73.7 Å². The Morgan fingerprint density at radius 3 is 2.24 bits per heavy atom. The lowest BCUT2D eigenvalue weighted by Crippen LogP contribution is -2.48. The van der Waals surface area contributed by atoms with Gasteiger partial charge >= 0.3 is 0 Å². The van der Waals surface area contributed by atoms with Crippen molar-refractivity contribution in [3.05, 3.63) is 101 Å². The maximum atomic E-state index is 13.2. The van der Waals surface area contributed by atoms with Gasteiger partial charge in [0.1, 0.15) is 0 Å². The van der Waals surface area contributed by atoms with Gasteiger partial charge in [0.25, 0.3) is 5.91 Å². The van der Waals surface area contributed by atoms with E-state index in [1.807, 2.05) is 18.2 Å². The average Bonchev–Trinajstić information content (AvgIpc) is 2.84. The fourth-order valence-corrected chi connectivity index (χ4v) is 5.22. The summed E-state index contributed by atoms with van der Waals surface area (Å²) in [7, 11) is 0. The van der Waals surface area contributed by atoms with E-state index in [9.17, 15) is 9.90 Å². The molecule has 3 aromatic rings. The van der Waals surface area contributed by atoms with Gasteiger partial charge < -0.3 is 10.0 Å². The lowest BCUT2D eigenvalue weighted by atomic mass is 9.79. The Labute approximate surface area is 202 Å². The highest BCUT2D eigenvalue weighted by molar-refractivity contribution is 5.91. The molecule has 2 N–H and O–H groups in total. The molecule has 1 heterocycles. The van der Waals surface area contributed by atoms with Gasteiger partial charge in [0.15, 0.2) is 5.60 Å². The molecule has 0 aromatic heterocycles. The van der Waals surface area contributed by atoms with Crippen molar-refractivity contribution in [1.29, 1.82) is 0 Å². The SMILES string of the molecule is CCN1c2ccc(/C=N\NC(=O)C(O)(c3ccccc3)c3ccccc3)cc2[C@H](C)CC1(C)C. The molecule has 4 rings (SSSR count). The number of hydrazone groups is 1. The van der Waals surface area contributed by atoms with Crippen LogP contribution >= 0.6 is 0 Å². The summed E-state index contributed by atoms with van der Waals surface area (Å²) in [4.78, 5) is 15.7. The third kappa shape index (κ3) is 4.36. The molecule has 1 aliphatic heterocycles. The van der Waals surface area contributed by atoms with Crippen LogP contribution in [0.25, 0.3) is 0 Å². The number of aliphatic hydroxyl groups is 1. The molecule has 5 nitrogen and oxygen atoms in total. The van der Waals surface area contributed by atoms with Crippen LogP contribution in [0.4, 0.5) is 5.69 Å². The van der Waals surface area contributed by atoms with Gasteiger partial charge in [0.2, 0.25) is 0 Å². The van der Waals surface area contributed by atoms with Crippen LogP contribution in [0.1, 0.15) is 62.3 Å². The molecule has 5 heteroatoms. The number of fused-ring (bicyclic) bond motifs is 1. The lowest BCUT2D eigenvalue weighted by Gasteiger charge is -2.47. The summed E-state index contributed by atoms with van der Waals surface area (Å²) in [6, 6.07) is 24.2. The summed E-state index contributed by atoms with van der Waals surface area (Å²) < 4.78 is 0. The molecule has 1 amide bonds. The van der Waals surface area contributed by atoms with Crippen LogP contribution in [0.3, 0.4) is 0 Å². The Morgan fingerprint density at radius 1 is 1.09 bits per heavy atom. The first-order chi connectivity index (χ1) is 16.3. The molecular formula is C29H33N3O2. The minimum absolute atomic E-state index is 0.115. The Morgan fingerprint density at radius 2 is 1.68 bits per heavy atom. The summed E-state index contributed by atoms with van der Waals surface area (Å²) in [5, 5.41) is 15.7. The average molecular weight is 456 g/mol. The first kappa shape index (κ1) is 23.7. The second-order valence-corrected chi connectivity index (χ2v) is 9.62. The normalized spacial score (nSPS) is 17.4. The molecule has 0 aliphatic carbocycles. The molecule has 34 heavy (non-hydrogen) atoms. The number of nitrogens with one attached hydrogen (secondary N) is 1. The maximum absolute atomic E-state index is 13.2. The largest absolute Gasteiger partial charge is 0.372 e. The summed E-state index contributed by atoms with van der Waals surface area (Å²) in [6.07, 6.45) is 2.71. The van der Waals surface area contributed by atoms with Gasteiger partial charge in [-0.15, -0.1) is 0 Å². The summed E-state index contributed by atoms with van der Waals surface area (Å²) in [5.41, 5.74) is 5.26. The van der Waals surface area contributed by atoms with Gasteiger partial charge in [0.05, 0.1) is 6.21 Å².